The zero-order valence-electron chi connectivity index (χ0n) is 13.9. The van der Waals surface area contributed by atoms with Crippen LogP contribution in [0, 0.1) is 0 Å². The Hall–Kier alpha value is -1.65. The van der Waals surface area contributed by atoms with E-state index in [1.807, 2.05) is 4.90 Å². The highest BCUT2D eigenvalue weighted by atomic mass is 32.2. The van der Waals surface area contributed by atoms with Gasteiger partial charge in [-0.3, -0.25) is 4.79 Å². The average Bonchev–Trinajstić information content (AvgIpc) is 3.08. The number of primary sulfonamides is 1. The predicted molar refractivity (Wildman–Crippen MR) is 93.6 cm³/mol. The molecule has 138 valence electrons. The first-order chi connectivity index (χ1) is 11.6. The van der Waals surface area contributed by atoms with Crippen molar-refractivity contribution in [3.05, 3.63) is 23.8 Å². The van der Waals surface area contributed by atoms with E-state index in [9.17, 15) is 21.6 Å². The number of benzene rings is 1. The summed E-state index contributed by atoms with van der Waals surface area (Å²) < 4.78 is 46.0. The lowest BCUT2D eigenvalue weighted by molar-refractivity contribution is -0.130. The van der Waals surface area contributed by atoms with Gasteiger partial charge in [-0.1, -0.05) is 0 Å². The number of carbonyl (C=O) groups excluding carboxylic acids is 1. The fourth-order valence-electron chi connectivity index (χ4n) is 3.35. The molecule has 1 atom stereocenters. The molecule has 2 heterocycles. The Balaban J connectivity index is 1.70. The van der Waals surface area contributed by atoms with Gasteiger partial charge in [0, 0.05) is 25.3 Å². The summed E-state index contributed by atoms with van der Waals surface area (Å²) in [5.74, 6) is -0.00711. The molecule has 0 unspecified atom stereocenters. The number of hydrogen-bond acceptors (Lipinski definition) is 6. The van der Waals surface area contributed by atoms with Crippen molar-refractivity contribution < 1.29 is 21.6 Å². The van der Waals surface area contributed by atoms with Crippen molar-refractivity contribution in [2.24, 2.45) is 5.14 Å². The van der Waals surface area contributed by atoms with Gasteiger partial charge in [-0.05, 0) is 36.6 Å². The van der Waals surface area contributed by atoms with Gasteiger partial charge in [-0.25, -0.2) is 22.0 Å². The fraction of sp³-hybridized carbons (Fsp3) is 0.533. The Bertz CT molecular complexity index is 911. The standard InChI is InChI=1S/C15H21N3O5S2/c1-17(12-5-7-24(20,21)10-12)15(19)9-18-6-4-11-8-13(25(16,22)23)2-3-14(11)18/h2-3,8,12H,4-7,9-10H2,1H3,(H2,16,22,23)/t12-/m0/s1. The molecule has 0 radical (unpaired) electrons. The van der Waals surface area contributed by atoms with Crippen molar-refractivity contribution in [2.75, 3.05) is 36.5 Å². The van der Waals surface area contributed by atoms with Crippen LogP contribution in [-0.4, -0.2) is 65.3 Å². The minimum absolute atomic E-state index is 0.0174. The molecule has 1 aromatic rings. The molecule has 8 nitrogen and oxygen atoms in total. The Morgan fingerprint density at radius 3 is 2.72 bits per heavy atom. The van der Waals surface area contributed by atoms with Crippen LogP contribution in [0.4, 0.5) is 5.69 Å². The molecule has 0 aliphatic carbocycles. The van der Waals surface area contributed by atoms with E-state index >= 15 is 0 Å². The van der Waals surface area contributed by atoms with Gasteiger partial charge in [-0.15, -0.1) is 0 Å². The molecule has 0 bridgehead atoms. The molecule has 25 heavy (non-hydrogen) atoms. The van der Waals surface area contributed by atoms with Crippen molar-refractivity contribution in [3.63, 3.8) is 0 Å². The highest BCUT2D eigenvalue weighted by Crippen LogP contribution is 2.30. The minimum Gasteiger partial charge on any atom is -0.362 e. The summed E-state index contributed by atoms with van der Waals surface area (Å²) in [5, 5.41) is 5.15. The molecule has 2 N–H and O–H groups in total. The zero-order chi connectivity index (χ0) is 18.4. The van der Waals surface area contributed by atoms with Crippen molar-refractivity contribution in [2.45, 2.75) is 23.8 Å². The van der Waals surface area contributed by atoms with E-state index in [1.54, 1.807) is 19.2 Å². The molecule has 3 rings (SSSR count). The van der Waals surface area contributed by atoms with Crippen LogP contribution < -0.4 is 10.0 Å². The van der Waals surface area contributed by atoms with Crippen LogP contribution in [0.15, 0.2) is 23.1 Å². The lowest BCUT2D eigenvalue weighted by Crippen LogP contribution is -2.43. The summed E-state index contributed by atoms with van der Waals surface area (Å²) in [6.07, 6.45) is 1.10. The van der Waals surface area contributed by atoms with Crippen molar-refractivity contribution in [1.29, 1.82) is 0 Å². The predicted octanol–water partition coefficient (Wildman–Crippen LogP) is -0.658. The van der Waals surface area contributed by atoms with Crippen LogP contribution in [0.25, 0.3) is 0 Å². The first-order valence-corrected chi connectivity index (χ1v) is 11.3. The van der Waals surface area contributed by atoms with E-state index in [4.69, 9.17) is 5.14 Å². The number of sulfonamides is 1. The first-order valence-electron chi connectivity index (χ1n) is 7.93. The van der Waals surface area contributed by atoms with E-state index < -0.39 is 19.9 Å². The number of sulfone groups is 1. The molecule has 1 saturated heterocycles. The van der Waals surface area contributed by atoms with Crippen LogP contribution in [0.3, 0.4) is 0 Å². The van der Waals surface area contributed by atoms with Crippen LogP contribution in [0.1, 0.15) is 12.0 Å². The van der Waals surface area contributed by atoms with Crippen LogP contribution in [-0.2, 0) is 31.1 Å². The molecule has 1 fully saturated rings. The maximum Gasteiger partial charge on any atom is 0.242 e. The van der Waals surface area contributed by atoms with Gasteiger partial charge in [0.25, 0.3) is 0 Å². The lowest BCUT2D eigenvalue weighted by atomic mass is 10.2. The number of anilines is 1. The summed E-state index contributed by atoms with van der Waals surface area (Å²) >= 11 is 0. The third-order valence-corrected chi connectivity index (χ3v) is 7.51. The monoisotopic (exact) mass is 387 g/mol. The first kappa shape index (κ1) is 18.2. The average molecular weight is 387 g/mol. The second-order valence-electron chi connectivity index (χ2n) is 6.57. The normalized spacial score (nSPS) is 22.0. The Kier molecular flexibility index (Phi) is 4.54. The van der Waals surface area contributed by atoms with E-state index in [0.717, 1.165) is 11.3 Å². The number of rotatable bonds is 4. The summed E-state index contributed by atoms with van der Waals surface area (Å²) in [6, 6.07) is 4.37. The molecule has 1 aromatic carbocycles. The van der Waals surface area contributed by atoms with Crippen LogP contribution in [0.2, 0.25) is 0 Å². The van der Waals surface area contributed by atoms with Gasteiger partial charge < -0.3 is 9.80 Å². The number of hydrogen-bond donors (Lipinski definition) is 1. The SMILES string of the molecule is CN(C(=O)CN1CCc2cc(S(N)(=O)=O)ccc21)[C@H]1CCS(=O)(=O)C1. The van der Waals surface area contributed by atoms with E-state index in [-0.39, 0.29) is 34.9 Å². The quantitative estimate of drug-likeness (QED) is 0.733. The highest BCUT2D eigenvalue weighted by molar-refractivity contribution is 7.91. The van der Waals surface area contributed by atoms with Gasteiger partial charge >= 0.3 is 0 Å². The van der Waals surface area contributed by atoms with Gasteiger partial charge in [0.2, 0.25) is 15.9 Å². The van der Waals surface area contributed by atoms with Crippen molar-refractivity contribution in [1.82, 2.24) is 4.90 Å². The number of nitrogens with zero attached hydrogens (tertiary/aromatic N) is 2. The molecule has 2 aliphatic heterocycles. The van der Waals surface area contributed by atoms with Gasteiger partial charge in [-0.2, -0.15) is 0 Å². The molecule has 0 spiro atoms. The fourth-order valence-corrected chi connectivity index (χ4v) is 5.69. The van der Waals surface area contributed by atoms with E-state index in [1.165, 1.54) is 11.0 Å². The number of likely N-dealkylation sites (N-methyl/N-ethyl adjacent to an activating group) is 1. The molecular weight excluding hydrogens is 366 g/mol. The largest absolute Gasteiger partial charge is 0.362 e. The lowest BCUT2D eigenvalue weighted by Gasteiger charge is -2.27. The maximum absolute atomic E-state index is 12.5. The van der Waals surface area contributed by atoms with Gasteiger partial charge in [0.15, 0.2) is 9.84 Å². The minimum atomic E-state index is -3.75. The number of carbonyl (C=O) groups is 1. The molecule has 10 heteroatoms. The highest BCUT2D eigenvalue weighted by Gasteiger charge is 2.33. The third kappa shape index (κ3) is 3.80. The Labute approximate surface area is 147 Å². The van der Waals surface area contributed by atoms with E-state index in [2.05, 4.69) is 0 Å². The summed E-state index contributed by atoms with van der Waals surface area (Å²) in [6.45, 7) is 0.737. The van der Waals surface area contributed by atoms with Crippen LogP contribution >= 0.6 is 0 Å². The summed E-state index contributed by atoms with van der Waals surface area (Å²) in [4.78, 5) is 16.0. The third-order valence-electron chi connectivity index (χ3n) is 4.85. The second kappa shape index (κ2) is 6.26. The summed E-state index contributed by atoms with van der Waals surface area (Å²) in [5.41, 5.74) is 1.65. The number of fused-ring (bicyclic) bond motifs is 1. The zero-order valence-corrected chi connectivity index (χ0v) is 15.5. The van der Waals surface area contributed by atoms with Crippen molar-refractivity contribution in [3.8, 4) is 0 Å². The molecule has 0 aromatic heterocycles. The molecule has 2 aliphatic rings. The van der Waals surface area contributed by atoms with Gasteiger partial charge in [0.1, 0.15) is 0 Å². The van der Waals surface area contributed by atoms with E-state index in [0.29, 0.717) is 19.4 Å². The Morgan fingerprint density at radius 2 is 2.12 bits per heavy atom. The summed E-state index contributed by atoms with van der Waals surface area (Å²) in [7, 11) is -5.16. The molecule has 1 amide bonds. The topological polar surface area (TPSA) is 118 Å². The van der Waals surface area contributed by atoms with Crippen molar-refractivity contribution >= 4 is 31.5 Å². The molecule has 0 saturated carbocycles. The Morgan fingerprint density at radius 1 is 1.40 bits per heavy atom. The second-order valence-corrected chi connectivity index (χ2v) is 10.4. The smallest absolute Gasteiger partial charge is 0.242 e. The maximum atomic E-state index is 12.5. The van der Waals surface area contributed by atoms with Crippen LogP contribution in [0.5, 0.6) is 0 Å². The van der Waals surface area contributed by atoms with Gasteiger partial charge in [0.05, 0.1) is 22.9 Å². The molecular formula is C15H21N3O5S2. The number of nitrogens with two attached hydrogens (primary N) is 1. The number of amides is 1.